The first kappa shape index (κ1) is 20.6. The Labute approximate surface area is 159 Å². The fraction of sp³-hybridized carbons (Fsp3) is 0.333. The van der Waals surface area contributed by atoms with Crippen molar-refractivity contribution in [2.45, 2.75) is 33.4 Å². The van der Waals surface area contributed by atoms with E-state index in [1.165, 1.54) is 12.1 Å². The van der Waals surface area contributed by atoms with E-state index >= 15 is 0 Å². The lowest BCUT2D eigenvalue weighted by atomic mass is 10.1. The molecule has 0 heterocycles. The highest BCUT2D eigenvalue weighted by Gasteiger charge is 2.19. The molecular weight excluding hydrogens is 345 g/mol. The molecule has 2 N–H and O–H groups in total. The third-order valence-corrected chi connectivity index (χ3v) is 4.55. The molecule has 0 aliphatic heterocycles. The van der Waals surface area contributed by atoms with E-state index < -0.39 is 6.04 Å². The summed E-state index contributed by atoms with van der Waals surface area (Å²) in [6.07, 6.45) is 0. The van der Waals surface area contributed by atoms with Crippen LogP contribution in [0.5, 0.6) is 0 Å². The number of nitrogens with one attached hydrogen (secondary N) is 2. The lowest BCUT2D eigenvalue weighted by Gasteiger charge is -2.24. The second-order valence-corrected chi connectivity index (χ2v) is 6.75. The monoisotopic (exact) mass is 371 g/mol. The van der Waals surface area contributed by atoms with Crippen LogP contribution < -0.4 is 10.6 Å². The van der Waals surface area contributed by atoms with Gasteiger partial charge in [-0.1, -0.05) is 30.3 Å². The van der Waals surface area contributed by atoms with Gasteiger partial charge < -0.3 is 10.6 Å². The number of aryl methyl sites for hydroxylation is 2. The second kappa shape index (κ2) is 9.28. The second-order valence-electron chi connectivity index (χ2n) is 6.75. The molecule has 0 fully saturated rings. The third-order valence-electron chi connectivity index (χ3n) is 4.55. The highest BCUT2D eigenvalue weighted by Crippen LogP contribution is 2.19. The van der Waals surface area contributed by atoms with Crippen LogP contribution in [0, 0.1) is 19.7 Å². The van der Waals surface area contributed by atoms with Gasteiger partial charge in [-0.3, -0.25) is 14.5 Å². The molecule has 0 saturated heterocycles. The first-order chi connectivity index (χ1) is 12.8. The van der Waals surface area contributed by atoms with Crippen molar-refractivity contribution in [2.24, 2.45) is 0 Å². The molecule has 0 bridgehead atoms. The predicted octanol–water partition coefficient (Wildman–Crippen LogP) is 3.02. The maximum absolute atomic E-state index is 13.0. The van der Waals surface area contributed by atoms with Crippen molar-refractivity contribution in [3.8, 4) is 0 Å². The Kier molecular flexibility index (Phi) is 7.07. The number of halogens is 1. The number of nitrogens with zero attached hydrogens (tertiary/aromatic N) is 1. The lowest BCUT2D eigenvalue weighted by molar-refractivity contribution is -0.127. The summed E-state index contributed by atoms with van der Waals surface area (Å²) in [4.78, 5) is 26.3. The summed E-state index contributed by atoms with van der Waals surface area (Å²) in [6, 6.07) is 11.5. The summed E-state index contributed by atoms with van der Waals surface area (Å²) in [5.41, 5.74) is 3.63. The molecule has 144 valence electrons. The van der Waals surface area contributed by atoms with Crippen molar-refractivity contribution in [2.75, 3.05) is 18.9 Å². The molecule has 0 spiro atoms. The Morgan fingerprint density at radius 2 is 1.67 bits per heavy atom. The molecule has 2 aromatic rings. The van der Waals surface area contributed by atoms with Gasteiger partial charge in [0.2, 0.25) is 11.8 Å². The smallest absolute Gasteiger partial charge is 0.243 e. The summed E-state index contributed by atoms with van der Waals surface area (Å²) in [5, 5.41) is 5.51. The molecule has 0 unspecified atom stereocenters. The Balaban J connectivity index is 1.84. The van der Waals surface area contributed by atoms with Crippen LogP contribution in [0.15, 0.2) is 42.5 Å². The van der Waals surface area contributed by atoms with Crippen molar-refractivity contribution in [1.82, 2.24) is 10.2 Å². The fourth-order valence-corrected chi connectivity index (χ4v) is 2.73. The summed E-state index contributed by atoms with van der Waals surface area (Å²) >= 11 is 0. The first-order valence-corrected chi connectivity index (χ1v) is 8.86. The summed E-state index contributed by atoms with van der Waals surface area (Å²) in [6.45, 7) is 6.02. The van der Waals surface area contributed by atoms with Crippen LogP contribution in [0.4, 0.5) is 10.1 Å². The minimum absolute atomic E-state index is 0.0959. The van der Waals surface area contributed by atoms with Crippen molar-refractivity contribution in [3.05, 3.63) is 65.0 Å². The number of hydrogen-bond donors (Lipinski definition) is 2. The molecule has 5 nitrogen and oxygen atoms in total. The Bertz CT molecular complexity index is 785. The fourth-order valence-electron chi connectivity index (χ4n) is 2.73. The summed E-state index contributed by atoms with van der Waals surface area (Å²) in [7, 11) is 1.81. The van der Waals surface area contributed by atoms with Gasteiger partial charge in [0.05, 0.1) is 12.6 Å². The summed E-state index contributed by atoms with van der Waals surface area (Å²) < 4.78 is 13.0. The van der Waals surface area contributed by atoms with Crippen molar-refractivity contribution in [1.29, 1.82) is 0 Å². The Hall–Kier alpha value is -2.73. The van der Waals surface area contributed by atoms with E-state index in [9.17, 15) is 14.0 Å². The van der Waals surface area contributed by atoms with Gasteiger partial charge in [-0.25, -0.2) is 4.39 Å². The lowest BCUT2D eigenvalue weighted by Crippen LogP contribution is -2.45. The quantitative estimate of drug-likeness (QED) is 0.787. The number of benzene rings is 2. The minimum atomic E-state index is -0.428. The maximum atomic E-state index is 13.0. The van der Waals surface area contributed by atoms with E-state index in [4.69, 9.17) is 0 Å². The van der Waals surface area contributed by atoms with Gasteiger partial charge in [0.1, 0.15) is 5.82 Å². The van der Waals surface area contributed by atoms with Crippen LogP contribution >= 0.6 is 0 Å². The number of carbonyl (C=O) groups excluding carboxylic acids is 2. The standard InChI is InChI=1S/C21H26FN3O2/c1-14-6-5-7-15(2)20(14)24-19(26)12-23-21(27)16(3)25(4)13-17-8-10-18(22)11-9-17/h5-11,16H,12-13H2,1-4H3,(H,23,27)(H,24,26)/t16-/m1/s1. The van der Waals surface area contributed by atoms with Crippen molar-refractivity contribution < 1.29 is 14.0 Å². The van der Waals surface area contributed by atoms with Crippen LogP contribution in [0.1, 0.15) is 23.6 Å². The molecule has 27 heavy (non-hydrogen) atoms. The van der Waals surface area contributed by atoms with Gasteiger partial charge in [0, 0.05) is 12.2 Å². The van der Waals surface area contributed by atoms with Gasteiger partial charge in [-0.2, -0.15) is 0 Å². The highest BCUT2D eigenvalue weighted by atomic mass is 19.1. The molecule has 0 aliphatic rings. The van der Waals surface area contributed by atoms with Crippen LogP contribution in [-0.2, 0) is 16.1 Å². The zero-order chi connectivity index (χ0) is 20.0. The first-order valence-electron chi connectivity index (χ1n) is 8.86. The highest BCUT2D eigenvalue weighted by molar-refractivity contribution is 5.96. The topological polar surface area (TPSA) is 61.4 Å². The molecule has 0 aliphatic carbocycles. The number of amides is 2. The zero-order valence-corrected chi connectivity index (χ0v) is 16.2. The average molecular weight is 371 g/mol. The Morgan fingerprint density at radius 1 is 1.07 bits per heavy atom. The zero-order valence-electron chi connectivity index (χ0n) is 16.2. The van der Waals surface area contributed by atoms with Crippen LogP contribution in [0.3, 0.4) is 0 Å². The molecule has 1 atom stereocenters. The molecule has 2 rings (SSSR count). The largest absolute Gasteiger partial charge is 0.346 e. The van der Waals surface area contributed by atoms with Crippen LogP contribution in [-0.4, -0.2) is 36.3 Å². The van der Waals surface area contributed by atoms with Gasteiger partial charge >= 0.3 is 0 Å². The van der Waals surface area contributed by atoms with E-state index in [1.807, 2.05) is 44.0 Å². The Morgan fingerprint density at radius 3 is 2.26 bits per heavy atom. The summed E-state index contributed by atoms with van der Waals surface area (Å²) in [5.74, 6) is -0.799. The minimum Gasteiger partial charge on any atom is -0.346 e. The predicted molar refractivity (Wildman–Crippen MR) is 105 cm³/mol. The number of hydrogen-bond acceptors (Lipinski definition) is 3. The SMILES string of the molecule is Cc1cccc(C)c1NC(=O)CNC(=O)[C@@H](C)N(C)Cc1ccc(F)cc1. The van der Waals surface area contributed by atoms with E-state index in [0.29, 0.717) is 6.54 Å². The molecular formula is C21H26FN3O2. The van der Waals surface area contributed by atoms with Gasteiger partial charge in [-0.05, 0) is 56.6 Å². The molecule has 0 aromatic heterocycles. The molecule has 2 amide bonds. The van der Waals surface area contributed by atoms with E-state index in [-0.39, 0.29) is 24.2 Å². The van der Waals surface area contributed by atoms with Gasteiger partial charge in [0.25, 0.3) is 0 Å². The number of carbonyl (C=O) groups is 2. The van der Waals surface area contributed by atoms with E-state index in [2.05, 4.69) is 10.6 Å². The van der Waals surface area contributed by atoms with Gasteiger partial charge in [-0.15, -0.1) is 0 Å². The molecule has 0 saturated carbocycles. The van der Waals surface area contributed by atoms with Crippen molar-refractivity contribution in [3.63, 3.8) is 0 Å². The molecule has 2 aromatic carbocycles. The van der Waals surface area contributed by atoms with Crippen molar-refractivity contribution >= 4 is 17.5 Å². The number of anilines is 1. The third kappa shape index (κ3) is 5.89. The molecule has 6 heteroatoms. The number of likely N-dealkylation sites (N-methyl/N-ethyl adjacent to an activating group) is 1. The van der Waals surface area contributed by atoms with Crippen LogP contribution in [0.25, 0.3) is 0 Å². The average Bonchev–Trinajstić information content (AvgIpc) is 2.64. The molecule has 0 radical (unpaired) electrons. The van der Waals surface area contributed by atoms with E-state index in [1.54, 1.807) is 19.1 Å². The van der Waals surface area contributed by atoms with Gasteiger partial charge in [0.15, 0.2) is 0 Å². The van der Waals surface area contributed by atoms with E-state index in [0.717, 1.165) is 22.4 Å². The number of para-hydroxylation sites is 1. The normalized spacial score (nSPS) is 11.9. The maximum Gasteiger partial charge on any atom is 0.243 e. The number of rotatable bonds is 7. The van der Waals surface area contributed by atoms with Crippen LogP contribution in [0.2, 0.25) is 0 Å².